The number of nitro groups is 1. The summed E-state index contributed by atoms with van der Waals surface area (Å²) in [6.07, 6.45) is 0.971. The molecule has 0 amide bonds. The van der Waals surface area contributed by atoms with Crippen LogP contribution in [-0.4, -0.2) is 29.5 Å². The van der Waals surface area contributed by atoms with Crippen molar-refractivity contribution in [2.45, 2.75) is 31.4 Å². The van der Waals surface area contributed by atoms with Gasteiger partial charge in [-0.2, -0.15) is 5.26 Å². The number of hydrogen-bond donors (Lipinski definition) is 2. The molecule has 0 unspecified atom stereocenters. The lowest BCUT2D eigenvalue weighted by Crippen LogP contribution is -2.48. The quantitative estimate of drug-likeness (QED) is 0.469. The summed E-state index contributed by atoms with van der Waals surface area (Å²) in [5, 5.41) is 32.6. The highest BCUT2D eigenvalue weighted by Gasteiger charge is 2.39. The fourth-order valence-corrected chi connectivity index (χ4v) is 2.34. The van der Waals surface area contributed by atoms with Gasteiger partial charge in [0.15, 0.2) is 0 Å². The van der Waals surface area contributed by atoms with Crippen molar-refractivity contribution in [3.63, 3.8) is 0 Å². The molecule has 0 atom stereocenters. The molecule has 2 radical (unpaired) electrons. The lowest BCUT2D eigenvalue weighted by Gasteiger charge is -2.41. The number of nitrogens with zero attached hydrogens (tertiary/aromatic N) is 2. The van der Waals surface area contributed by atoms with Gasteiger partial charge in [0.25, 0.3) is 5.69 Å². The van der Waals surface area contributed by atoms with E-state index in [4.69, 9.17) is 13.1 Å². The van der Waals surface area contributed by atoms with Crippen LogP contribution in [-0.2, 0) is 0 Å². The molecule has 0 aliphatic heterocycles. The molecule has 0 saturated heterocycles. The summed E-state index contributed by atoms with van der Waals surface area (Å²) in [5.41, 5.74) is -0.481. The molecule has 1 aliphatic carbocycles. The second kappa shape index (κ2) is 4.55. The van der Waals surface area contributed by atoms with E-state index in [-0.39, 0.29) is 28.4 Å². The fourth-order valence-electron chi connectivity index (χ4n) is 2.34. The average molecular weight is 257 g/mol. The lowest BCUT2D eigenvalue weighted by molar-refractivity contribution is -0.383. The van der Waals surface area contributed by atoms with Crippen LogP contribution < -0.4 is 10.8 Å². The highest BCUT2D eigenvalue weighted by Crippen LogP contribution is 2.36. The van der Waals surface area contributed by atoms with Crippen LogP contribution in [0.25, 0.3) is 0 Å². The molecular formula is C12H12BN3O3. The van der Waals surface area contributed by atoms with Crippen LogP contribution in [0.1, 0.15) is 25.3 Å². The monoisotopic (exact) mass is 257 g/mol. The second-order valence-corrected chi connectivity index (χ2v) is 5.08. The Morgan fingerprint density at radius 3 is 2.74 bits per heavy atom. The zero-order chi connectivity index (χ0) is 14.2. The van der Waals surface area contributed by atoms with Gasteiger partial charge in [0.1, 0.15) is 19.6 Å². The van der Waals surface area contributed by atoms with Gasteiger partial charge in [-0.05, 0) is 25.8 Å². The van der Waals surface area contributed by atoms with Crippen molar-refractivity contribution in [3.8, 4) is 6.07 Å². The van der Waals surface area contributed by atoms with Gasteiger partial charge in [-0.15, -0.1) is 0 Å². The smallest absolute Gasteiger partial charge is 0.293 e. The standard InChI is InChI=1S/C12H12BN3O3/c1-12(17)4-9(5-12)15-11-7(6-14)2-8(13)3-10(11)16(18)19/h2-3,9,15,17H,4-5H2,1H3. The molecule has 0 spiro atoms. The SMILES string of the molecule is [B]c1cc(C#N)c(NC2CC(C)(O)C2)c([N+](=O)[O-])c1. The molecule has 6 nitrogen and oxygen atoms in total. The van der Waals surface area contributed by atoms with Crippen LogP contribution in [0.4, 0.5) is 11.4 Å². The number of nitriles is 1. The van der Waals surface area contributed by atoms with Gasteiger partial charge in [0.2, 0.25) is 0 Å². The van der Waals surface area contributed by atoms with Crippen molar-refractivity contribution in [3.05, 3.63) is 27.8 Å². The number of nitro benzene ring substituents is 1. The van der Waals surface area contributed by atoms with Crippen molar-refractivity contribution in [1.82, 2.24) is 0 Å². The number of benzene rings is 1. The highest BCUT2D eigenvalue weighted by molar-refractivity contribution is 6.32. The Bertz CT molecular complexity index is 572. The fraction of sp³-hybridized carbons (Fsp3) is 0.417. The molecule has 1 aromatic rings. The van der Waals surface area contributed by atoms with Gasteiger partial charge >= 0.3 is 0 Å². The normalized spacial score (nSPS) is 25.2. The van der Waals surface area contributed by atoms with E-state index < -0.39 is 10.5 Å². The summed E-state index contributed by atoms with van der Waals surface area (Å²) in [6.45, 7) is 1.70. The third-order valence-corrected chi connectivity index (χ3v) is 3.18. The topological polar surface area (TPSA) is 99.2 Å². The van der Waals surface area contributed by atoms with Gasteiger partial charge in [0, 0.05) is 12.1 Å². The molecule has 1 saturated carbocycles. The molecule has 2 rings (SSSR count). The Kier molecular flexibility index (Phi) is 3.20. The van der Waals surface area contributed by atoms with Gasteiger partial charge in [-0.25, -0.2) is 0 Å². The first-order valence-electron chi connectivity index (χ1n) is 5.79. The maximum Gasteiger partial charge on any atom is 0.293 e. The molecule has 1 fully saturated rings. The van der Waals surface area contributed by atoms with Crippen LogP contribution >= 0.6 is 0 Å². The Morgan fingerprint density at radius 2 is 2.26 bits per heavy atom. The zero-order valence-electron chi connectivity index (χ0n) is 10.4. The highest BCUT2D eigenvalue weighted by atomic mass is 16.6. The predicted molar refractivity (Wildman–Crippen MR) is 70.5 cm³/mol. The minimum absolute atomic E-state index is 0.0792. The third kappa shape index (κ3) is 2.69. The zero-order valence-corrected chi connectivity index (χ0v) is 10.4. The Balaban J connectivity index is 2.33. The van der Waals surface area contributed by atoms with Crippen molar-refractivity contribution in [2.75, 3.05) is 5.32 Å². The van der Waals surface area contributed by atoms with Crippen LogP contribution in [0.5, 0.6) is 0 Å². The van der Waals surface area contributed by atoms with E-state index in [0.717, 1.165) is 0 Å². The van der Waals surface area contributed by atoms with E-state index in [1.807, 2.05) is 6.07 Å². The largest absolute Gasteiger partial charge is 0.390 e. The molecule has 0 bridgehead atoms. The third-order valence-electron chi connectivity index (χ3n) is 3.18. The summed E-state index contributed by atoms with van der Waals surface area (Å²) in [6, 6.07) is 4.43. The minimum atomic E-state index is -0.743. The summed E-state index contributed by atoms with van der Waals surface area (Å²) in [5.74, 6) is 0. The van der Waals surface area contributed by atoms with Crippen molar-refractivity contribution in [1.29, 1.82) is 5.26 Å². The second-order valence-electron chi connectivity index (χ2n) is 5.08. The molecule has 0 aromatic heterocycles. The summed E-state index contributed by atoms with van der Waals surface area (Å²) >= 11 is 0. The van der Waals surface area contributed by atoms with E-state index in [0.29, 0.717) is 12.8 Å². The molecule has 96 valence electrons. The van der Waals surface area contributed by atoms with E-state index >= 15 is 0 Å². The molecule has 19 heavy (non-hydrogen) atoms. The molecule has 1 aromatic carbocycles. The molecular weight excluding hydrogens is 245 g/mol. The maximum absolute atomic E-state index is 11.0. The molecule has 0 heterocycles. The van der Waals surface area contributed by atoms with Crippen LogP contribution in [0.2, 0.25) is 0 Å². The number of rotatable bonds is 3. The number of anilines is 1. The number of aliphatic hydroxyl groups is 1. The Morgan fingerprint density at radius 1 is 1.63 bits per heavy atom. The summed E-state index contributed by atoms with van der Waals surface area (Å²) in [4.78, 5) is 10.4. The van der Waals surface area contributed by atoms with Crippen LogP contribution in [0.15, 0.2) is 12.1 Å². The number of hydrogen-bond acceptors (Lipinski definition) is 5. The van der Waals surface area contributed by atoms with Gasteiger partial charge in [-0.1, -0.05) is 5.46 Å². The van der Waals surface area contributed by atoms with E-state index in [1.165, 1.54) is 12.1 Å². The molecule has 1 aliphatic rings. The van der Waals surface area contributed by atoms with Gasteiger partial charge in [-0.3, -0.25) is 10.1 Å². The van der Waals surface area contributed by atoms with Gasteiger partial charge < -0.3 is 10.4 Å². The van der Waals surface area contributed by atoms with Gasteiger partial charge in [0.05, 0.1) is 16.1 Å². The lowest BCUT2D eigenvalue weighted by atomic mass is 9.77. The first-order valence-corrected chi connectivity index (χ1v) is 5.79. The first-order chi connectivity index (χ1) is 8.82. The summed E-state index contributed by atoms with van der Waals surface area (Å²) in [7, 11) is 5.54. The number of nitrogens with one attached hydrogen (secondary N) is 1. The minimum Gasteiger partial charge on any atom is -0.390 e. The van der Waals surface area contributed by atoms with E-state index in [2.05, 4.69) is 5.32 Å². The van der Waals surface area contributed by atoms with E-state index in [1.54, 1.807) is 6.92 Å². The maximum atomic E-state index is 11.0. The average Bonchev–Trinajstić information content (AvgIpc) is 2.27. The van der Waals surface area contributed by atoms with Crippen molar-refractivity contribution < 1.29 is 10.0 Å². The Hall–Kier alpha value is -2.07. The molecule has 7 heteroatoms. The van der Waals surface area contributed by atoms with Crippen molar-refractivity contribution in [2.24, 2.45) is 0 Å². The van der Waals surface area contributed by atoms with Crippen LogP contribution in [0, 0.1) is 21.4 Å². The first kappa shape index (κ1) is 13.4. The predicted octanol–water partition coefficient (Wildman–Crippen LogP) is 0.586. The molecule has 2 N–H and O–H groups in total. The van der Waals surface area contributed by atoms with E-state index in [9.17, 15) is 15.2 Å². The van der Waals surface area contributed by atoms with Crippen LogP contribution in [0.3, 0.4) is 0 Å². The Labute approximate surface area is 111 Å². The summed E-state index contributed by atoms with van der Waals surface area (Å²) < 4.78 is 0. The van der Waals surface area contributed by atoms with Crippen molar-refractivity contribution >= 4 is 24.7 Å².